The molecule has 0 amide bonds. The number of aromatic amines is 1. The van der Waals surface area contributed by atoms with Crippen LogP contribution in [0.3, 0.4) is 0 Å². The highest BCUT2D eigenvalue weighted by molar-refractivity contribution is 5.87. The van der Waals surface area contributed by atoms with Crippen LogP contribution in [0.5, 0.6) is 0 Å². The number of nitrogens with zero attached hydrogens (tertiary/aromatic N) is 4. The summed E-state index contributed by atoms with van der Waals surface area (Å²) in [5.41, 5.74) is 2.35. The highest BCUT2D eigenvalue weighted by Crippen LogP contribution is 2.32. The Bertz CT molecular complexity index is 1670. The van der Waals surface area contributed by atoms with Gasteiger partial charge in [-0.1, -0.05) is 0 Å². The van der Waals surface area contributed by atoms with Gasteiger partial charge in [0.05, 0.1) is 28.5 Å². The van der Waals surface area contributed by atoms with Crippen LogP contribution < -0.4 is 22.2 Å². The molecule has 0 radical (unpaired) electrons. The summed E-state index contributed by atoms with van der Waals surface area (Å²) >= 11 is 0. The molecule has 196 valence electrons. The van der Waals surface area contributed by atoms with E-state index in [9.17, 15) is 28.0 Å². The number of aromatic nitrogens is 4. The van der Waals surface area contributed by atoms with Gasteiger partial charge >= 0.3 is 6.18 Å². The van der Waals surface area contributed by atoms with E-state index in [1.165, 1.54) is 29.0 Å². The third-order valence-electron chi connectivity index (χ3n) is 5.93. The second-order valence-electron chi connectivity index (χ2n) is 8.65. The lowest BCUT2D eigenvalue weighted by Crippen LogP contribution is -2.27. The molecule has 3 heterocycles. The predicted molar refractivity (Wildman–Crippen MR) is 133 cm³/mol. The van der Waals surface area contributed by atoms with E-state index in [1.807, 2.05) is 6.07 Å². The molecule has 38 heavy (non-hydrogen) atoms. The van der Waals surface area contributed by atoms with Crippen molar-refractivity contribution in [1.29, 1.82) is 5.26 Å². The molecule has 0 saturated heterocycles. The van der Waals surface area contributed by atoms with Crippen LogP contribution in [0.15, 0.2) is 52.3 Å². The fourth-order valence-electron chi connectivity index (χ4n) is 4.13. The topological polar surface area (TPSA) is 142 Å². The normalized spacial score (nSPS) is 12.3. The molecular weight excluding hydrogens is 506 g/mol. The summed E-state index contributed by atoms with van der Waals surface area (Å²) in [6.07, 6.45) is -1.66. The zero-order valence-corrected chi connectivity index (χ0v) is 19.9. The molecule has 0 aliphatic carbocycles. The second-order valence-corrected chi connectivity index (χ2v) is 8.65. The van der Waals surface area contributed by atoms with Gasteiger partial charge in [-0.25, -0.2) is 14.5 Å². The zero-order valence-electron chi connectivity index (χ0n) is 19.9. The number of nitrogens with two attached hydrogens (primary N) is 1. The van der Waals surface area contributed by atoms with Gasteiger partial charge in [0.15, 0.2) is 0 Å². The number of hydrogen-bond acceptors (Lipinski definition) is 7. The van der Waals surface area contributed by atoms with Crippen molar-refractivity contribution in [3.05, 3.63) is 80.4 Å². The number of hydrogen-bond donors (Lipinski definition) is 3. The number of H-pyrrole nitrogens is 1. The molecule has 0 bridgehead atoms. The lowest BCUT2D eigenvalue weighted by molar-refractivity contribution is -0.138. The first-order chi connectivity index (χ1) is 18.0. The minimum absolute atomic E-state index is 0.0332. The fraction of sp³-hybridized carbons (Fsp3) is 0.240. The number of pyridine rings is 2. The third-order valence-corrected chi connectivity index (χ3v) is 5.93. The predicted octanol–water partition coefficient (Wildman–Crippen LogP) is 4.04. The van der Waals surface area contributed by atoms with Crippen molar-refractivity contribution in [2.75, 3.05) is 11.1 Å². The van der Waals surface area contributed by atoms with E-state index >= 15 is 4.39 Å². The Kier molecular flexibility index (Phi) is 7.16. The minimum Gasteiger partial charge on any atom is -0.384 e. The van der Waals surface area contributed by atoms with Crippen LogP contribution in [-0.4, -0.2) is 25.8 Å². The molecule has 13 heteroatoms. The number of anilines is 2. The molecule has 0 saturated carbocycles. The largest absolute Gasteiger partial charge is 0.423 e. The zero-order chi connectivity index (χ0) is 27.6. The van der Waals surface area contributed by atoms with Crippen molar-refractivity contribution in [3.63, 3.8) is 0 Å². The summed E-state index contributed by atoms with van der Waals surface area (Å²) in [4.78, 5) is 28.7. The Labute approximate surface area is 212 Å². The molecule has 9 nitrogen and oxygen atoms in total. The number of halogens is 4. The highest BCUT2D eigenvalue weighted by Gasteiger charge is 2.37. The number of nitrogen functional groups attached to an aromatic ring is 1. The van der Waals surface area contributed by atoms with Crippen LogP contribution in [0.1, 0.15) is 30.9 Å². The molecular formula is C25H21F4N7O2. The van der Waals surface area contributed by atoms with Gasteiger partial charge in [-0.15, -0.1) is 0 Å². The van der Waals surface area contributed by atoms with Gasteiger partial charge in [0.2, 0.25) is 0 Å². The average Bonchev–Trinajstić information content (AvgIpc) is 2.84. The van der Waals surface area contributed by atoms with Crippen molar-refractivity contribution in [3.8, 4) is 17.3 Å². The van der Waals surface area contributed by atoms with Crippen LogP contribution in [-0.2, 0) is 12.7 Å². The molecule has 0 spiro atoms. The Hall–Kier alpha value is -4.73. The van der Waals surface area contributed by atoms with Gasteiger partial charge in [-0.3, -0.25) is 9.59 Å². The van der Waals surface area contributed by atoms with Gasteiger partial charge in [-0.05, 0) is 55.5 Å². The van der Waals surface area contributed by atoms with Gasteiger partial charge in [0, 0.05) is 24.3 Å². The molecule has 3 aromatic heterocycles. The maximum absolute atomic E-state index is 15.0. The molecule has 1 unspecified atom stereocenters. The van der Waals surface area contributed by atoms with Crippen LogP contribution >= 0.6 is 0 Å². The SMILES string of the molecule is CC(CCCn1ccc2cc(-c3nc(N)ccc3C#N)c(F)cc2c1=O)Nc1cn[nH]c(=O)c1C(F)(F)F. The minimum atomic E-state index is -4.86. The van der Waals surface area contributed by atoms with Gasteiger partial charge in [0.1, 0.15) is 23.3 Å². The van der Waals surface area contributed by atoms with E-state index in [4.69, 9.17) is 5.73 Å². The van der Waals surface area contributed by atoms with E-state index in [1.54, 1.807) is 18.1 Å². The lowest BCUT2D eigenvalue weighted by atomic mass is 10.0. The monoisotopic (exact) mass is 527 g/mol. The number of nitrogens with one attached hydrogen (secondary N) is 2. The first-order valence-electron chi connectivity index (χ1n) is 11.4. The molecule has 1 atom stereocenters. The van der Waals surface area contributed by atoms with Crippen LogP contribution in [0.2, 0.25) is 0 Å². The quantitative estimate of drug-likeness (QED) is 0.308. The first-order valence-corrected chi connectivity index (χ1v) is 11.4. The second kappa shape index (κ2) is 10.3. The summed E-state index contributed by atoms with van der Waals surface area (Å²) < 4.78 is 56.1. The van der Waals surface area contributed by atoms with Crippen LogP contribution in [0, 0.1) is 17.1 Å². The number of benzene rings is 1. The molecule has 0 aliphatic rings. The van der Waals surface area contributed by atoms with Gasteiger partial charge in [0.25, 0.3) is 11.1 Å². The van der Waals surface area contributed by atoms with Crippen LogP contribution in [0.4, 0.5) is 29.1 Å². The van der Waals surface area contributed by atoms with Crippen molar-refractivity contribution < 1.29 is 17.6 Å². The van der Waals surface area contributed by atoms with Crippen molar-refractivity contribution in [2.24, 2.45) is 0 Å². The maximum Gasteiger partial charge on any atom is 0.423 e. The average molecular weight is 527 g/mol. The standard InChI is InChI=1S/C25H21F4N7O2/c1-13(33-19-12-32-35-23(37)21(19)25(27,28)29)3-2-7-36-8-6-14-9-17(18(26)10-16(14)24(36)38)22-15(11-30)4-5-20(31)34-22/h4-6,8-10,12-13H,2-3,7H2,1H3,(H2,31,34)(H2,33,35,37). The van der Waals surface area contributed by atoms with Gasteiger partial charge < -0.3 is 15.6 Å². The fourth-order valence-corrected chi connectivity index (χ4v) is 4.13. The number of aryl methyl sites for hydroxylation is 1. The van der Waals surface area contributed by atoms with E-state index in [0.29, 0.717) is 18.2 Å². The van der Waals surface area contributed by atoms with Gasteiger partial charge in [-0.2, -0.15) is 23.5 Å². The first kappa shape index (κ1) is 26.3. The summed E-state index contributed by atoms with van der Waals surface area (Å²) in [6.45, 7) is 1.86. The molecule has 4 aromatic rings. The summed E-state index contributed by atoms with van der Waals surface area (Å²) in [5, 5.41) is 17.8. The summed E-state index contributed by atoms with van der Waals surface area (Å²) in [7, 11) is 0. The summed E-state index contributed by atoms with van der Waals surface area (Å²) in [6, 6.07) is 8.47. The lowest BCUT2D eigenvalue weighted by Gasteiger charge is -2.18. The highest BCUT2D eigenvalue weighted by atomic mass is 19.4. The maximum atomic E-state index is 15.0. The van der Waals surface area contributed by atoms with E-state index in [0.717, 1.165) is 12.3 Å². The Balaban J connectivity index is 1.51. The molecule has 1 aromatic carbocycles. The van der Waals surface area contributed by atoms with Crippen LogP contribution in [0.25, 0.3) is 22.0 Å². The van der Waals surface area contributed by atoms with E-state index < -0.39 is 40.4 Å². The van der Waals surface area contributed by atoms with E-state index in [-0.39, 0.29) is 34.6 Å². The third kappa shape index (κ3) is 5.34. The molecule has 4 N–H and O–H groups in total. The number of fused-ring (bicyclic) bond motifs is 1. The number of nitriles is 1. The Morgan fingerprint density at radius 1 is 1.24 bits per heavy atom. The van der Waals surface area contributed by atoms with Crippen molar-refractivity contribution in [2.45, 2.75) is 38.5 Å². The molecule has 0 aliphatic heterocycles. The molecule has 4 rings (SSSR count). The van der Waals surface area contributed by atoms with E-state index in [2.05, 4.69) is 15.4 Å². The summed E-state index contributed by atoms with van der Waals surface area (Å²) in [5.74, 6) is -0.630. The Morgan fingerprint density at radius 3 is 2.71 bits per heavy atom. The van der Waals surface area contributed by atoms with Crippen molar-refractivity contribution in [1.82, 2.24) is 19.7 Å². The number of alkyl halides is 3. The van der Waals surface area contributed by atoms with Crippen molar-refractivity contribution >= 4 is 22.3 Å². The smallest absolute Gasteiger partial charge is 0.384 e. The number of rotatable bonds is 7. The molecule has 0 fully saturated rings. The Morgan fingerprint density at radius 2 is 2.00 bits per heavy atom.